The minimum absolute atomic E-state index is 0.0143. The molecule has 1 unspecified atom stereocenters. The average molecular weight is 372 g/mol. The maximum Gasteiger partial charge on any atom is 0.254 e. The number of piperazine rings is 1. The van der Waals surface area contributed by atoms with Crippen molar-refractivity contribution < 1.29 is 18.8 Å². The second-order valence-corrected chi connectivity index (χ2v) is 7.22. The molecule has 2 aromatic rings. The summed E-state index contributed by atoms with van der Waals surface area (Å²) in [5, 5.41) is 4.04. The Bertz CT molecular complexity index is 827. The van der Waals surface area contributed by atoms with Crippen LogP contribution in [-0.4, -0.2) is 58.8 Å². The van der Waals surface area contributed by atoms with Gasteiger partial charge in [0.1, 0.15) is 0 Å². The van der Waals surface area contributed by atoms with E-state index in [9.17, 15) is 4.79 Å². The predicted octanol–water partition coefficient (Wildman–Crippen LogP) is 2.44. The van der Waals surface area contributed by atoms with Gasteiger partial charge in [0, 0.05) is 37.7 Å². The molecule has 1 atom stereocenters. The number of aromatic nitrogens is 2. The Morgan fingerprint density at radius 2 is 1.81 bits per heavy atom. The highest BCUT2D eigenvalue weighted by atomic mass is 16.7. The molecule has 8 nitrogen and oxygen atoms in total. The van der Waals surface area contributed by atoms with Crippen LogP contribution in [0.3, 0.4) is 0 Å². The van der Waals surface area contributed by atoms with Gasteiger partial charge in [0.2, 0.25) is 12.7 Å². The van der Waals surface area contributed by atoms with E-state index in [1.807, 2.05) is 18.7 Å². The molecule has 3 heterocycles. The van der Waals surface area contributed by atoms with Crippen molar-refractivity contribution in [3.8, 4) is 11.5 Å². The van der Waals surface area contributed by atoms with E-state index in [4.69, 9.17) is 14.0 Å². The van der Waals surface area contributed by atoms with Crippen LogP contribution in [-0.2, 0) is 0 Å². The molecular formula is C19H24N4O4. The summed E-state index contributed by atoms with van der Waals surface area (Å²) in [4.78, 5) is 21.4. The third-order valence-corrected chi connectivity index (χ3v) is 5.10. The second-order valence-electron chi connectivity index (χ2n) is 7.22. The lowest BCUT2D eigenvalue weighted by atomic mass is 10.1. The van der Waals surface area contributed by atoms with Gasteiger partial charge < -0.3 is 18.9 Å². The van der Waals surface area contributed by atoms with Crippen LogP contribution in [0.5, 0.6) is 11.5 Å². The highest BCUT2D eigenvalue weighted by Crippen LogP contribution is 2.33. The molecular weight excluding hydrogens is 348 g/mol. The molecule has 27 heavy (non-hydrogen) atoms. The van der Waals surface area contributed by atoms with Crippen LogP contribution in [0.2, 0.25) is 0 Å². The molecule has 1 fully saturated rings. The first-order chi connectivity index (χ1) is 13.0. The Kier molecular flexibility index (Phi) is 4.73. The van der Waals surface area contributed by atoms with Gasteiger partial charge in [-0.3, -0.25) is 9.69 Å². The van der Waals surface area contributed by atoms with Gasteiger partial charge in [0.05, 0.1) is 6.04 Å². The van der Waals surface area contributed by atoms with Crippen molar-refractivity contribution in [1.29, 1.82) is 0 Å². The number of rotatable bonds is 4. The van der Waals surface area contributed by atoms with E-state index < -0.39 is 0 Å². The summed E-state index contributed by atoms with van der Waals surface area (Å²) in [6, 6.07) is 5.37. The van der Waals surface area contributed by atoms with Gasteiger partial charge in [-0.05, 0) is 25.1 Å². The average Bonchev–Trinajstić information content (AvgIpc) is 3.36. The Morgan fingerprint density at radius 1 is 1.07 bits per heavy atom. The third-order valence-electron chi connectivity index (χ3n) is 5.10. The lowest BCUT2D eigenvalue weighted by molar-refractivity contribution is 0.0551. The molecule has 0 bridgehead atoms. The Morgan fingerprint density at radius 3 is 2.52 bits per heavy atom. The topological polar surface area (TPSA) is 80.9 Å². The number of benzene rings is 1. The van der Waals surface area contributed by atoms with E-state index in [0.717, 1.165) is 18.9 Å². The number of hydrogen-bond acceptors (Lipinski definition) is 7. The van der Waals surface area contributed by atoms with Crippen LogP contribution in [0.15, 0.2) is 22.7 Å². The quantitative estimate of drug-likeness (QED) is 0.815. The van der Waals surface area contributed by atoms with Gasteiger partial charge in [-0.1, -0.05) is 19.0 Å². The van der Waals surface area contributed by atoms with E-state index in [-0.39, 0.29) is 24.7 Å². The summed E-state index contributed by atoms with van der Waals surface area (Å²) >= 11 is 0. The molecule has 0 radical (unpaired) electrons. The maximum atomic E-state index is 12.8. The fourth-order valence-corrected chi connectivity index (χ4v) is 3.33. The molecule has 1 saturated heterocycles. The summed E-state index contributed by atoms with van der Waals surface area (Å²) in [5.41, 5.74) is 0.624. The van der Waals surface area contributed by atoms with Gasteiger partial charge in [0.25, 0.3) is 5.91 Å². The van der Waals surface area contributed by atoms with Crippen LogP contribution in [0, 0.1) is 0 Å². The van der Waals surface area contributed by atoms with Crippen molar-refractivity contribution >= 4 is 5.91 Å². The zero-order valence-corrected chi connectivity index (χ0v) is 15.8. The van der Waals surface area contributed by atoms with Gasteiger partial charge in [-0.15, -0.1) is 0 Å². The number of fused-ring (bicyclic) bond motifs is 1. The van der Waals surface area contributed by atoms with Gasteiger partial charge in [-0.25, -0.2) is 0 Å². The zero-order chi connectivity index (χ0) is 19.0. The molecule has 2 aliphatic rings. The minimum Gasteiger partial charge on any atom is -0.454 e. The van der Waals surface area contributed by atoms with Crippen molar-refractivity contribution in [3.63, 3.8) is 0 Å². The van der Waals surface area contributed by atoms with Crippen LogP contribution in [0.1, 0.15) is 54.8 Å². The van der Waals surface area contributed by atoms with Crippen LogP contribution < -0.4 is 9.47 Å². The van der Waals surface area contributed by atoms with E-state index in [1.165, 1.54) is 0 Å². The highest BCUT2D eigenvalue weighted by molar-refractivity contribution is 5.95. The predicted molar refractivity (Wildman–Crippen MR) is 96.8 cm³/mol. The Balaban J connectivity index is 1.37. The molecule has 144 valence electrons. The monoisotopic (exact) mass is 372 g/mol. The van der Waals surface area contributed by atoms with Crippen LogP contribution in [0.25, 0.3) is 0 Å². The Hall–Kier alpha value is -2.61. The fraction of sp³-hybridized carbons (Fsp3) is 0.526. The van der Waals surface area contributed by atoms with Crippen LogP contribution >= 0.6 is 0 Å². The normalized spacial score (nSPS) is 18.1. The lowest BCUT2D eigenvalue weighted by Crippen LogP contribution is -2.49. The number of amides is 1. The molecule has 0 spiro atoms. The largest absolute Gasteiger partial charge is 0.454 e. The van der Waals surface area contributed by atoms with Crippen LogP contribution in [0.4, 0.5) is 0 Å². The number of carbonyl (C=O) groups excluding carboxylic acids is 1. The molecule has 4 rings (SSSR count). The van der Waals surface area contributed by atoms with Gasteiger partial charge in [-0.2, -0.15) is 4.98 Å². The van der Waals surface area contributed by atoms with Crippen molar-refractivity contribution in [3.05, 3.63) is 35.5 Å². The Labute approximate surface area is 158 Å². The number of carbonyl (C=O) groups is 1. The number of ether oxygens (including phenoxy) is 2. The van der Waals surface area contributed by atoms with E-state index in [1.54, 1.807) is 18.2 Å². The summed E-state index contributed by atoms with van der Waals surface area (Å²) < 4.78 is 16.1. The summed E-state index contributed by atoms with van der Waals surface area (Å²) in [5.74, 6) is 2.94. The molecule has 2 aliphatic heterocycles. The smallest absolute Gasteiger partial charge is 0.254 e. The molecule has 0 N–H and O–H groups in total. The molecule has 1 aromatic heterocycles. The summed E-state index contributed by atoms with van der Waals surface area (Å²) in [7, 11) is 0. The molecule has 0 saturated carbocycles. The number of nitrogens with zero attached hydrogens (tertiary/aromatic N) is 4. The fourth-order valence-electron chi connectivity index (χ4n) is 3.33. The number of hydrogen-bond donors (Lipinski definition) is 0. The maximum absolute atomic E-state index is 12.8. The van der Waals surface area contributed by atoms with Crippen molar-refractivity contribution in [2.45, 2.75) is 32.7 Å². The van der Waals surface area contributed by atoms with Crippen molar-refractivity contribution in [2.24, 2.45) is 0 Å². The van der Waals surface area contributed by atoms with E-state index in [2.05, 4.69) is 22.0 Å². The van der Waals surface area contributed by atoms with Gasteiger partial charge in [0.15, 0.2) is 17.3 Å². The highest BCUT2D eigenvalue weighted by Gasteiger charge is 2.29. The second kappa shape index (κ2) is 7.19. The molecule has 8 heteroatoms. The van der Waals surface area contributed by atoms with Crippen molar-refractivity contribution in [1.82, 2.24) is 19.9 Å². The first-order valence-electron chi connectivity index (χ1n) is 9.29. The standard InChI is InChI=1S/C19H24N4O4/c1-12(2)17-20-18(27-21-17)13(3)22-6-8-23(9-7-22)19(24)14-4-5-15-16(10-14)26-11-25-15/h4-5,10,12-13H,6-9,11H2,1-3H3. The molecule has 1 amide bonds. The SMILES string of the molecule is CC(C)c1noc(C(C)N2CCN(C(=O)c3ccc4c(c3)OCO4)CC2)n1. The van der Waals surface area contributed by atoms with Gasteiger partial charge >= 0.3 is 0 Å². The van der Waals surface area contributed by atoms with Crippen molar-refractivity contribution in [2.75, 3.05) is 33.0 Å². The zero-order valence-electron chi connectivity index (χ0n) is 15.8. The lowest BCUT2D eigenvalue weighted by Gasteiger charge is -2.36. The summed E-state index contributed by atoms with van der Waals surface area (Å²) in [6.45, 7) is 9.18. The third kappa shape index (κ3) is 3.49. The van der Waals surface area contributed by atoms with E-state index in [0.29, 0.717) is 36.0 Å². The summed E-state index contributed by atoms with van der Waals surface area (Å²) in [6.07, 6.45) is 0. The van der Waals surface area contributed by atoms with E-state index >= 15 is 0 Å². The first-order valence-corrected chi connectivity index (χ1v) is 9.29. The first kappa shape index (κ1) is 17.8. The molecule has 0 aliphatic carbocycles. The molecule has 1 aromatic carbocycles. The minimum atomic E-state index is 0.0143.